The summed E-state index contributed by atoms with van der Waals surface area (Å²) in [6, 6.07) is 8.35. The van der Waals surface area contributed by atoms with E-state index in [2.05, 4.69) is 9.97 Å². The Bertz CT molecular complexity index is 1110. The molecule has 5 nitrogen and oxygen atoms in total. The maximum absolute atomic E-state index is 13.7. The van der Waals surface area contributed by atoms with Crippen molar-refractivity contribution >= 4 is 11.6 Å². The van der Waals surface area contributed by atoms with Gasteiger partial charge in [0.2, 0.25) is 0 Å². The topological polar surface area (TPSA) is 55.3 Å². The Morgan fingerprint density at radius 1 is 1.10 bits per heavy atom. The molecule has 3 heterocycles. The van der Waals surface area contributed by atoms with Gasteiger partial charge in [0.1, 0.15) is 11.6 Å². The predicted molar refractivity (Wildman–Crippen MR) is 101 cm³/mol. The molecule has 154 valence electrons. The second-order valence-corrected chi connectivity index (χ2v) is 6.78. The third-order valence-electron chi connectivity index (χ3n) is 4.65. The molecule has 9 heteroatoms. The van der Waals surface area contributed by atoms with E-state index in [1.54, 1.807) is 24.4 Å². The zero-order valence-corrected chi connectivity index (χ0v) is 15.7. The first kappa shape index (κ1) is 19.8. The number of carbonyl (C=O) groups is 1. The molecule has 30 heavy (non-hydrogen) atoms. The molecule has 0 bridgehead atoms. The van der Waals surface area contributed by atoms with Crippen molar-refractivity contribution < 1.29 is 27.1 Å². The molecule has 3 aromatic rings. The number of hydrogen-bond acceptors (Lipinski definition) is 4. The van der Waals surface area contributed by atoms with Crippen LogP contribution in [0.4, 0.5) is 23.2 Å². The lowest BCUT2D eigenvalue weighted by molar-refractivity contribution is -0.153. The van der Waals surface area contributed by atoms with Crippen molar-refractivity contribution in [2.45, 2.75) is 19.6 Å². The summed E-state index contributed by atoms with van der Waals surface area (Å²) < 4.78 is 56.4. The number of hydrogen-bond donors (Lipinski definition) is 0. The Kier molecular flexibility index (Phi) is 4.89. The van der Waals surface area contributed by atoms with Crippen LogP contribution in [0, 0.1) is 12.7 Å². The van der Waals surface area contributed by atoms with E-state index in [9.17, 15) is 22.4 Å². The van der Waals surface area contributed by atoms with Gasteiger partial charge in [0, 0.05) is 34.6 Å². The van der Waals surface area contributed by atoms with Crippen molar-refractivity contribution in [2.75, 3.05) is 11.5 Å². The standard InChI is InChI=1S/C21H15F4N3O2/c1-12-2-4-14(9-27-12)28-10-17-15(20(28)29)6-7-26-19(17)16-5-3-13(22)8-18(16)30-11-21(23,24)25/h2-9H,10-11H2,1H3. The number of halogens is 4. The highest BCUT2D eigenvalue weighted by molar-refractivity contribution is 6.11. The minimum atomic E-state index is -4.58. The molecule has 0 saturated carbocycles. The van der Waals surface area contributed by atoms with E-state index in [0.717, 1.165) is 17.8 Å². The first-order valence-corrected chi connectivity index (χ1v) is 8.95. The quantitative estimate of drug-likeness (QED) is 0.578. The number of benzene rings is 1. The van der Waals surface area contributed by atoms with E-state index in [0.29, 0.717) is 16.8 Å². The maximum Gasteiger partial charge on any atom is 0.422 e. The van der Waals surface area contributed by atoms with Crippen molar-refractivity contribution in [1.82, 2.24) is 9.97 Å². The van der Waals surface area contributed by atoms with Crippen LogP contribution in [0.5, 0.6) is 5.75 Å². The van der Waals surface area contributed by atoms with Crippen molar-refractivity contribution in [3.63, 3.8) is 0 Å². The summed E-state index contributed by atoms with van der Waals surface area (Å²) in [6.07, 6.45) is -1.62. The summed E-state index contributed by atoms with van der Waals surface area (Å²) in [6.45, 7) is 0.403. The van der Waals surface area contributed by atoms with Gasteiger partial charge in [0.05, 0.1) is 24.1 Å². The minimum Gasteiger partial charge on any atom is -0.483 e. The molecule has 1 aromatic carbocycles. The highest BCUT2D eigenvalue weighted by Gasteiger charge is 2.33. The van der Waals surface area contributed by atoms with Crippen molar-refractivity contribution in [1.29, 1.82) is 0 Å². The summed E-state index contributed by atoms with van der Waals surface area (Å²) in [5.41, 5.74) is 2.71. The lowest BCUT2D eigenvalue weighted by Crippen LogP contribution is -2.23. The number of pyridine rings is 2. The number of fused-ring (bicyclic) bond motifs is 1. The van der Waals surface area contributed by atoms with Gasteiger partial charge in [0.15, 0.2) is 6.61 Å². The van der Waals surface area contributed by atoms with Gasteiger partial charge in [-0.1, -0.05) is 0 Å². The van der Waals surface area contributed by atoms with Gasteiger partial charge in [-0.25, -0.2) is 4.39 Å². The Labute approximate surface area is 169 Å². The number of aryl methyl sites for hydroxylation is 1. The SMILES string of the molecule is Cc1ccc(N2Cc3c(ccnc3-c3ccc(F)cc3OCC(F)(F)F)C2=O)cn1. The Morgan fingerprint density at radius 2 is 1.90 bits per heavy atom. The van der Waals surface area contributed by atoms with Gasteiger partial charge in [0.25, 0.3) is 5.91 Å². The lowest BCUT2D eigenvalue weighted by Gasteiger charge is -2.16. The fourth-order valence-electron chi connectivity index (χ4n) is 3.26. The Balaban J connectivity index is 1.74. The van der Waals surface area contributed by atoms with Gasteiger partial charge in [-0.3, -0.25) is 14.8 Å². The summed E-state index contributed by atoms with van der Waals surface area (Å²) in [7, 11) is 0. The summed E-state index contributed by atoms with van der Waals surface area (Å²) in [4.78, 5) is 22.8. The monoisotopic (exact) mass is 417 g/mol. The lowest BCUT2D eigenvalue weighted by atomic mass is 10.0. The molecule has 0 radical (unpaired) electrons. The van der Waals surface area contributed by atoms with Gasteiger partial charge in [-0.05, 0) is 37.3 Å². The molecule has 2 aromatic heterocycles. The Morgan fingerprint density at radius 3 is 2.60 bits per heavy atom. The second kappa shape index (κ2) is 7.40. The molecule has 0 unspecified atom stereocenters. The van der Waals surface area contributed by atoms with E-state index in [-0.39, 0.29) is 29.5 Å². The first-order valence-electron chi connectivity index (χ1n) is 8.95. The van der Waals surface area contributed by atoms with Crippen molar-refractivity contribution in [2.24, 2.45) is 0 Å². The van der Waals surface area contributed by atoms with Crippen LogP contribution >= 0.6 is 0 Å². The van der Waals surface area contributed by atoms with E-state index >= 15 is 0 Å². The molecule has 0 spiro atoms. The number of amides is 1. The third-order valence-corrected chi connectivity index (χ3v) is 4.65. The van der Waals surface area contributed by atoms with Crippen LogP contribution in [-0.2, 0) is 6.54 Å². The van der Waals surface area contributed by atoms with Crippen LogP contribution in [0.2, 0.25) is 0 Å². The fraction of sp³-hybridized carbons (Fsp3) is 0.190. The summed E-state index contributed by atoms with van der Waals surface area (Å²) in [5, 5.41) is 0. The van der Waals surface area contributed by atoms with E-state index in [1.165, 1.54) is 17.2 Å². The molecule has 1 aliphatic heterocycles. The minimum absolute atomic E-state index is 0.151. The first-order chi connectivity index (χ1) is 14.2. The molecule has 0 N–H and O–H groups in total. The average molecular weight is 417 g/mol. The van der Waals surface area contributed by atoms with Gasteiger partial charge in [-0.2, -0.15) is 13.2 Å². The van der Waals surface area contributed by atoms with Crippen LogP contribution in [0.1, 0.15) is 21.6 Å². The molecule has 0 saturated heterocycles. The normalized spacial score (nSPS) is 13.5. The number of aromatic nitrogens is 2. The van der Waals surface area contributed by atoms with E-state index in [4.69, 9.17) is 4.74 Å². The van der Waals surface area contributed by atoms with Crippen molar-refractivity contribution in [3.8, 4) is 17.0 Å². The fourth-order valence-corrected chi connectivity index (χ4v) is 3.26. The van der Waals surface area contributed by atoms with E-state index < -0.39 is 18.6 Å². The van der Waals surface area contributed by atoms with Crippen molar-refractivity contribution in [3.05, 3.63) is 71.4 Å². The van der Waals surface area contributed by atoms with Crippen LogP contribution in [-0.4, -0.2) is 28.7 Å². The highest BCUT2D eigenvalue weighted by atomic mass is 19.4. The molecule has 1 amide bonds. The highest BCUT2D eigenvalue weighted by Crippen LogP contribution is 2.38. The third kappa shape index (κ3) is 3.83. The van der Waals surface area contributed by atoms with Crippen LogP contribution in [0.3, 0.4) is 0 Å². The van der Waals surface area contributed by atoms with E-state index in [1.807, 2.05) is 6.92 Å². The summed E-state index contributed by atoms with van der Waals surface area (Å²) in [5.74, 6) is -1.32. The molecule has 0 aliphatic carbocycles. The number of nitrogens with zero attached hydrogens (tertiary/aromatic N) is 3. The smallest absolute Gasteiger partial charge is 0.422 e. The van der Waals surface area contributed by atoms with Crippen LogP contribution in [0.15, 0.2) is 48.8 Å². The van der Waals surface area contributed by atoms with Crippen LogP contribution in [0.25, 0.3) is 11.3 Å². The molecular formula is C21H15F4N3O2. The summed E-state index contributed by atoms with van der Waals surface area (Å²) >= 11 is 0. The number of alkyl halides is 3. The number of ether oxygens (including phenoxy) is 1. The predicted octanol–water partition coefficient (Wildman–Crippen LogP) is 4.69. The Hall–Kier alpha value is -3.49. The zero-order chi connectivity index (χ0) is 21.5. The van der Waals surface area contributed by atoms with Gasteiger partial charge < -0.3 is 9.64 Å². The molecule has 4 rings (SSSR count). The van der Waals surface area contributed by atoms with Crippen LogP contribution < -0.4 is 9.64 Å². The van der Waals surface area contributed by atoms with Gasteiger partial charge in [-0.15, -0.1) is 0 Å². The van der Waals surface area contributed by atoms with Gasteiger partial charge >= 0.3 is 6.18 Å². The zero-order valence-electron chi connectivity index (χ0n) is 15.7. The molecule has 0 atom stereocenters. The number of anilines is 1. The molecular weight excluding hydrogens is 402 g/mol. The maximum atomic E-state index is 13.7. The molecule has 0 fully saturated rings. The molecule has 1 aliphatic rings. The second-order valence-electron chi connectivity index (χ2n) is 6.78. The number of rotatable bonds is 4. The average Bonchev–Trinajstić information content (AvgIpc) is 3.04. The largest absolute Gasteiger partial charge is 0.483 e. The number of carbonyl (C=O) groups excluding carboxylic acids is 1.